The van der Waals surface area contributed by atoms with Gasteiger partial charge in [-0.15, -0.1) is 4.57 Å². The van der Waals surface area contributed by atoms with Gasteiger partial charge in [-0.2, -0.15) is 4.98 Å². The highest BCUT2D eigenvalue weighted by atomic mass is 16.5. The van der Waals surface area contributed by atoms with Crippen LogP contribution in [0.3, 0.4) is 0 Å². The van der Waals surface area contributed by atoms with Crippen molar-refractivity contribution in [3.8, 4) is 0 Å². The average molecular weight is 306 g/mol. The van der Waals surface area contributed by atoms with Gasteiger partial charge in [-0.25, -0.2) is 0 Å². The molecule has 0 unspecified atom stereocenters. The lowest BCUT2D eigenvalue weighted by Gasteiger charge is -2.04. The third-order valence-electron chi connectivity index (χ3n) is 3.88. The number of rotatable bonds is 1. The molecule has 4 rings (SSSR count). The first-order valence-corrected chi connectivity index (χ1v) is 7.20. The smallest absolute Gasteiger partial charge is 0.282 e. The number of allylic oxidation sites excluding steroid dienone is 1. The Kier molecular flexibility index (Phi) is 2.74. The number of anilines is 1. The van der Waals surface area contributed by atoms with Gasteiger partial charge < -0.3 is 10.3 Å². The fraction of sp³-hybridized carbons (Fsp3) is 0.118. The molecule has 23 heavy (non-hydrogen) atoms. The van der Waals surface area contributed by atoms with Crippen molar-refractivity contribution in [1.82, 2.24) is 9.56 Å². The Morgan fingerprint density at radius 2 is 2.04 bits per heavy atom. The Morgan fingerprint density at radius 1 is 1.26 bits per heavy atom. The first kappa shape index (κ1) is 13.5. The van der Waals surface area contributed by atoms with Crippen LogP contribution in [0.15, 0.2) is 44.6 Å². The van der Waals surface area contributed by atoms with E-state index in [1.807, 2.05) is 31.2 Å². The summed E-state index contributed by atoms with van der Waals surface area (Å²) in [5, 5.41) is 0. The molecule has 0 radical (unpaired) electrons. The predicted molar refractivity (Wildman–Crippen MR) is 90.0 cm³/mol. The number of aliphatic imine (C=N–C) groups is 1. The van der Waals surface area contributed by atoms with E-state index in [0.29, 0.717) is 17.0 Å². The summed E-state index contributed by atoms with van der Waals surface area (Å²) in [5.74, 6) is 0.870. The van der Waals surface area contributed by atoms with E-state index in [4.69, 9.17) is 10.3 Å². The van der Waals surface area contributed by atoms with Crippen LogP contribution in [-0.2, 0) is 0 Å². The van der Waals surface area contributed by atoms with Gasteiger partial charge in [0.25, 0.3) is 5.56 Å². The van der Waals surface area contributed by atoms with E-state index < -0.39 is 0 Å². The zero-order chi connectivity index (χ0) is 16.1. The zero-order valence-electron chi connectivity index (χ0n) is 12.7. The second-order valence-electron chi connectivity index (χ2n) is 5.49. The van der Waals surface area contributed by atoms with E-state index in [2.05, 4.69) is 9.98 Å². The number of aromatic nitrogens is 2. The molecule has 3 aromatic rings. The highest BCUT2D eigenvalue weighted by Gasteiger charge is 2.19. The number of nitrogen functional groups attached to an aromatic ring is 1. The Hall–Kier alpha value is -3.15. The molecule has 0 amide bonds. The van der Waals surface area contributed by atoms with Crippen LogP contribution < -0.4 is 11.3 Å². The van der Waals surface area contributed by atoms with Crippen molar-refractivity contribution in [2.75, 3.05) is 5.73 Å². The van der Waals surface area contributed by atoms with Crippen molar-refractivity contribution in [2.45, 2.75) is 13.8 Å². The quantitative estimate of drug-likeness (QED) is 0.749. The maximum absolute atomic E-state index is 12.3. The predicted octanol–water partition coefficient (Wildman–Crippen LogP) is 2.82. The minimum Gasteiger partial charge on any atom is -0.382 e. The van der Waals surface area contributed by atoms with Crippen molar-refractivity contribution >= 4 is 34.5 Å². The van der Waals surface area contributed by atoms with Gasteiger partial charge in [-0.1, -0.05) is 18.2 Å². The molecule has 114 valence electrons. The van der Waals surface area contributed by atoms with E-state index >= 15 is 0 Å². The van der Waals surface area contributed by atoms with Crippen LogP contribution >= 0.6 is 0 Å². The molecule has 6 heteroatoms. The van der Waals surface area contributed by atoms with Crippen molar-refractivity contribution in [2.24, 2.45) is 4.99 Å². The number of benzene rings is 1. The molecule has 0 spiro atoms. The Labute approximate surface area is 131 Å². The maximum Gasteiger partial charge on any atom is 0.282 e. The molecule has 1 aromatic carbocycles. The molecule has 0 bridgehead atoms. The van der Waals surface area contributed by atoms with Gasteiger partial charge in [0.2, 0.25) is 0 Å². The third-order valence-corrected chi connectivity index (χ3v) is 3.88. The Morgan fingerprint density at radius 3 is 2.87 bits per heavy atom. The van der Waals surface area contributed by atoms with E-state index in [1.165, 1.54) is 4.57 Å². The number of para-hydroxylation sites is 1. The Bertz CT molecular complexity index is 1070. The van der Waals surface area contributed by atoms with Crippen molar-refractivity contribution in [3.05, 3.63) is 57.6 Å². The summed E-state index contributed by atoms with van der Waals surface area (Å²) in [6.45, 7) is 3.68. The van der Waals surface area contributed by atoms with Crippen molar-refractivity contribution in [1.29, 1.82) is 0 Å². The average Bonchev–Trinajstić information content (AvgIpc) is 3.03. The lowest BCUT2D eigenvalue weighted by molar-refractivity contribution is 0.358. The number of nitrogens with zero attached hydrogens (tertiary/aromatic N) is 3. The second-order valence-corrected chi connectivity index (χ2v) is 5.49. The summed E-state index contributed by atoms with van der Waals surface area (Å²) in [6, 6.07) is 9.45. The van der Waals surface area contributed by atoms with Crippen LogP contribution in [0.1, 0.15) is 23.8 Å². The molecule has 0 atom stereocenters. The van der Waals surface area contributed by atoms with Crippen LogP contribution in [-0.4, -0.2) is 15.3 Å². The standard InChI is InChI=1S/C17H14N4O2/c1-9-7-15-20-17(22)13(16(18)21(15)23-9)8-12-10(2)19-14-6-4-3-5-11(12)14/h3-8H,18H2,1-2H3/b12-8-. The third kappa shape index (κ3) is 1.99. The molecule has 1 aliphatic rings. The number of aryl methyl sites for hydroxylation is 1. The summed E-state index contributed by atoms with van der Waals surface area (Å²) in [4.78, 5) is 20.9. The summed E-state index contributed by atoms with van der Waals surface area (Å²) in [7, 11) is 0. The highest BCUT2D eigenvalue weighted by Crippen LogP contribution is 2.35. The number of hydrogen-bond acceptors (Lipinski definition) is 5. The molecule has 0 fully saturated rings. The maximum atomic E-state index is 12.3. The normalized spacial score (nSPS) is 15.2. The summed E-state index contributed by atoms with van der Waals surface area (Å²) in [6.07, 6.45) is 1.74. The van der Waals surface area contributed by atoms with Crippen LogP contribution in [0.5, 0.6) is 0 Å². The summed E-state index contributed by atoms with van der Waals surface area (Å²) in [5.41, 5.74) is 10.0. The van der Waals surface area contributed by atoms with E-state index in [1.54, 1.807) is 19.1 Å². The minimum absolute atomic E-state index is 0.234. The second kappa shape index (κ2) is 4.67. The van der Waals surface area contributed by atoms with E-state index in [9.17, 15) is 4.79 Å². The van der Waals surface area contributed by atoms with Gasteiger partial charge >= 0.3 is 0 Å². The largest absolute Gasteiger partial charge is 0.382 e. The molecular weight excluding hydrogens is 292 g/mol. The van der Waals surface area contributed by atoms with E-state index in [-0.39, 0.29) is 11.4 Å². The SMILES string of the molecule is CC1=Nc2ccccc2/C1=C\c1c(N)n2oc(C)cc2nc1=O. The number of nitrogens with two attached hydrogens (primary N) is 1. The summed E-state index contributed by atoms with van der Waals surface area (Å²) < 4.78 is 6.86. The fourth-order valence-corrected chi connectivity index (χ4v) is 2.79. The molecule has 0 saturated carbocycles. The number of fused-ring (bicyclic) bond motifs is 2. The van der Waals surface area contributed by atoms with Gasteiger partial charge in [0.1, 0.15) is 5.76 Å². The molecular formula is C17H14N4O2. The monoisotopic (exact) mass is 306 g/mol. The minimum atomic E-state index is -0.381. The highest BCUT2D eigenvalue weighted by molar-refractivity contribution is 6.31. The van der Waals surface area contributed by atoms with E-state index in [0.717, 1.165) is 22.5 Å². The van der Waals surface area contributed by atoms with Crippen molar-refractivity contribution in [3.63, 3.8) is 0 Å². The van der Waals surface area contributed by atoms with Crippen molar-refractivity contribution < 1.29 is 4.52 Å². The van der Waals surface area contributed by atoms with Crippen LogP contribution in [0.4, 0.5) is 11.5 Å². The van der Waals surface area contributed by atoms with Gasteiger partial charge in [-0.3, -0.25) is 9.79 Å². The summed E-state index contributed by atoms with van der Waals surface area (Å²) >= 11 is 0. The molecule has 3 heterocycles. The first-order valence-electron chi connectivity index (χ1n) is 7.20. The lowest BCUT2D eigenvalue weighted by Crippen LogP contribution is -2.16. The van der Waals surface area contributed by atoms with Gasteiger partial charge in [0.15, 0.2) is 11.5 Å². The molecule has 1 aliphatic heterocycles. The number of hydrogen-bond donors (Lipinski definition) is 1. The fourth-order valence-electron chi connectivity index (χ4n) is 2.79. The first-order chi connectivity index (χ1) is 11.0. The Balaban J connectivity index is 1.98. The lowest BCUT2D eigenvalue weighted by atomic mass is 10.0. The molecule has 6 nitrogen and oxygen atoms in total. The van der Waals surface area contributed by atoms with Crippen LogP contribution in [0, 0.1) is 6.92 Å². The molecule has 0 saturated heterocycles. The molecule has 2 N–H and O–H groups in total. The van der Waals surface area contributed by atoms with Crippen LogP contribution in [0.25, 0.3) is 17.3 Å². The molecule has 2 aromatic heterocycles. The van der Waals surface area contributed by atoms with Crippen LogP contribution in [0.2, 0.25) is 0 Å². The van der Waals surface area contributed by atoms with Gasteiger partial charge in [0, 0.05) is 22.9 Å². The van der Waals surface area contributed by atoms with Gasteiger partial charge in [-0.05, 0) is 26.0 Å². The van der Waals surface area contributed by atoms with Gasteiger partial charge in [0.05, 0.1) is 11.3 Å². The molecule has 0 aliphatic carbocycles. The zero-order valence-corrected chi connectivity index (χ0v) is 12.7. The topological polar surface area (TPSA) is 85.9 Å².